The van der Waals surface area contributed by atoms with E-state index in [1.54, 1.807) is 0 Å². The molecule has 0 aliphatic heterocycles. The van der Waals surface area contributed by atoms with E-state index < -0.39 is 0 Å². The van der Waals surface area contributed by atoms with E-state index in [1.807, 2.05) is 37.3 Å². The normalized spacial score (nSPS) is 13.5. The Kier molecular flexibility index (Phi) is 7.89. The van der Waals surface area contributed by atoms with E-state index in [0.717, 1.165) is 43.1 Å². The lowest BCUT2D eigenvalue weighted by Gasteiger charge is -2.17. The highest BCUT2D eigenvalue weighted by Crippen LogP contribution is 2.23. The van der Waals surface area contributed by atoms with E-state index in [4.69, 9.17) is 9.47 Å². The van der Waals surface area contributed by atoms with Gasteiger partial charge in [0.1, 0.15) is 0 Å². The first-order chi connectivity index (χ1) is 12.4. The molecule has 0 saturated carbocycles. The van der Waals surface area contributed by atoms with E-state index in [-0.39, 0.29) is 6.10 Å². The lowest BCUT2D eigenvalue weighted by molar-refractivity contribution is 0.196. The van der Waals surface area contributed by atoms with Gasteiger partial charge in [-0.15, -0.1) is 0 Å². The molecule has 4 nitrogen and oxygen atoms in total. The van der Waals surface area contributed by atoms with Crippen molar-refractivity contribution in [2.45, 2.75) is 65.9 Å². The molecule has 2 unspecified atom stereocenters. The Bertz CT molecular complexity index is 673. The fraction of sp³-hybridized carbons (Fsp3) is 0.545. The molecule has 4 heteroatoms. The van der Waals surface area contributed by atoms with Gasteiger partial charge in [0.15, 0.2) is 0 Å². The summed E-state index contributed by atoms with van der Waals surface area (Å²) < 4.78 is 11.7. The maximum absolute atomic E-state index is 5.92. The molecule has 0 aromatic carbocycles. The van der Waals surface area contributed by atoms with Crippen molar-refractivity contribution in [1.29, 1.82) is 0 Å². The van der Waals surface area contributed by atoms with Crippen LogP contribution in [0.25, 0.3) is 0 Å². The van der Waals surface area contributed by atoms with Crippen LogP contribution in [0.5, 0.6) is 11.8 Å². The van der Waals surface area contributed by atoms with Crippen LogP contribution in [0.15, 0.2) is 36.4 Å². The molecule has 2 rings (SSSR count). The van der Waals surface area contributed by atoms with Crippen molar-refractivity contribution in [2.75, 3.05) is 6.61 Å². The van der Waals surface area contributed by atoms with Gasteiger partial charge in [-0.1, -0.05) is 32.9 Å². The maximum atomic E-state index is 5.92. The number of aromatic nitrogens is 2. The third-order valence-corrected chi connectivity index (χ3v) is 4.39. The Hall–Kier alpha value is -2.10. The average Bonchev–Trinajstić information content (AvgIpc) is 2.59. The van der Waals surface area contributed by atoms with Crippen LogP contribution in [0.3, 0.4) is 0 Å². The molecule has 0 bridgehead atoms. The van der Waals surface area contributed by atoms with Crippen LogP contribution in [-0.2, 0) is 0 Å². The van der Waals surface area contributed by atoms with Gasteiger partial charge < -0.3 is 9.47 Å². The number of aryl methyl sites for hydroxylation is 1. The lowest BCUT2D eigenvalue weighted by atomic mass is 9.99. The second-order valence-corrected chi connectivity index (χ2v) is 7.46. The van der Waals surface area contributed by atoms with Gasteiger partial charge in [-0.05, 0) is 57.1 Å². The Balaban J connectivity index is 1.82. The summed E-state index contributed by atoms with van der Waals surface area (Å²) in [6.07, 6.45) is 3.13. The zero-order chi connectivity index (χ0) is 18.9. The third kappa shape index (κ3) is 7.03. The largest absolute Gasteiger partial charge is 0.478 e. The predicted molar refractivity (Wildman–Crippen MR) is 106 cm³/mol. The molecule has 2 aromatic heterocycles. The standard InChI is InChI=1S/C22H32N2O2/c1-16(2)14-15-25-21-10-7-9-20(24-21)17(3)12-13-19(5)26-22-11-6-8-18(4)23-22/h6-11,16-17,19H,12-15H2,1-5H3. The van der Waals surface area contributed by atoms with E-state index in [0.29, 0.717) is 17.7 Å². The Morgan fingerprint density at radius 1 is 0.846 bits per heavy atom. The molecular weight excluding hydrogens is 324 g/mol. The monoisotopic (exact) mass is 356 g/mol. The van der Waals surface area contributed by atoms with Gasteiger partial charge in [0.25, 0.3) is 0 Å². The summed E-state index contributed by atoms with van der Waals surface area (Å²) in [6, 6.07) is 11.9. The Morgan fingerprint density at radius 2 is 1.58 bits per heavy atom. The molecule has 0 saturated heterocycles. The van der Waals surface area contributed by atoms with Crippen molar-refractivity contribution < 1.29 is 9.47 Å². The number of pyridine rings is 2. The SMILES string of the molecule is Cc1cccc(OC(C)CCC(C)c2cccc(OCCC(C)C)n2)n1. The highest BCUT2D eigenvalue weighted by Gasteiger charge is 2.12. The van der Waals surface area contributed by atoms with Crippen LogP contribution in [0, 0.1) is 12.8 Å². The molecule has 0 radical (unpaired) electrons. The van der Waals surface area contributed by atoms with Gasteiger partial charge in [0.05, 0.1) is 12.7 Å². The third-order valence-electron chi connectivity index (χ3n) is 4.39. The minimum Gasteiger partial charge on any atom is -0.478 e. The van der Waals surface area contributed by atoms with Gasteiger partial charge in [-0.25, -0.2) is 9.97 Å². The van der Waals surface area contributed by atoms with Crippen molar-refractivity contribution in [3.8, 4) is 11.8 Å². The Labute approximate surface area is 158 Å². The van der Waals surface area contributed by atoms with E-state index in [2.05, 4.69) is 43.7 Å². The number of hydrogen-bond acceptors (Lipinski definition) is 4. The summed E-state index contributed by atoms with van der Waals surface area (Å²) >= 11 is 0. The smallest absolute Gasteiger partial charge is 0.213 e. The van der Waals surface area contributed by atoms with Crippen molar-refractivity contribution in [3.63, 3.8) is 0 Å². The van der Waals surface area contributed by atoms with Crippen LogP contribution >= 0.6 is 0 Å². The summed E-state index contributed by atoms with van der Waals surface area (Å²) in [7, 11) is 0. The maximum Gasteiger partial charge on any atom is 0.213 e. The van der Waals surface area contributed by atoms with E-state index in [9.17, 15) is 0 Å². The van der Waals surface area contributed by atoms with Gasteiger partial charge in [0, 0.05) is 23.5 Å². The molecule has 2 aromatic rings. The zero-order valence-corrected chi connectivity index (χ0v) is 16.7. The molecular formula is C22H32N2O2. The number of ether oxygens (including phenoxy) is 2. The van der Waals surface area contributed by atoms with Crippen molar-refractivity contribution in [2.24, 2.45) is 5.92 Å². The van der Waals surface area contributed by atoms with Gasteiger partial charge >= 0.3 is 0 Å². The van der Waals surface area contributed by atoms with Crippen LogP contribution in [0.4, 0.5) is 0 Å². The molecule has 0 spiro atoms. The first-order valence-corrected chi connectivity index (χ1v) is 9.64. The molecule has 2 heterocycles. The Morgan fingerprint density at radius 3 is 2.31 bits per heavy atom. The van der Waals surface area contributed by atoms with E-state index in [1.165, 1.54) is 0 Å². The second-order valence-electron chi connectivity index (χ2n) is 7.46. The lowest BCUT2D eigenvalue weighted by Crippen LogP contribution is -2.14. The minimum absolute atomic E-state index is 0.122. The molecule has 0 aliphatic carbocycles. The predicted octanol–water partition coefficient (Wildman–Crippen LogP) is 5.56. The van der Waals surface area contributed by atoms with Gasteiger partial charge in [-0.2, -0.15) is 0 Å². The van der Waals surface area contributed by atoms with Crippen LogP contribution in [-0.4, -0.2) is 22.7 Å². The fourth-order valence-corrected chi connectivity index (χ4v) is 2.67. The van der Waals surface area contributed by atoms with Crippen LogP contribution < -0.4 is 9.47 Å². The van der Waals surface area contributed by atoms with E-state index >= 15 is 0 Å². The summed E-state index contributed by atoms with van der Waals surface area (Å²) in [5.74, 6) is 2.42. The molecule has 0 N–H and O–H groups in total. The highest BCUT2D eigenvalue weighted by atomic mass is 16.5. The highest BCUT2D eigenvalue weighted by molar-refractivity contribution is 5.18. The molecule has 0 aliphatic rings. The second kappa shape index (κ2) is 10.1. The summed E-state index contributed by atoms with van der Waals surface area (Å²) in [5.41, 5.74) is 2.05. The zero-order valence-electron chi connectivity index (χ0n) is 16.7. The molecule has 0 amide bonds. The summed E-state index contributed by atoms with van der Waals surface area (Å²) in [4.78, 5) is 9.07. The molecule has 2 atom stereocenters. The van der Waals surface area contributed by atoms with Crippen LogP contribution in [0.1, 0.15) is 64.3 Å². The minimum atomic E-state index is 0.122. The first-order valence-electron chi connectivity index (χ1n) is 9.64. The van der Waals surface area contributed by atoms with Gasteiger partial charge in [-0.3, -0.25) is 0 Å². The topological polar surface area (TPSA) is 44.2 Å². The number of nitrogens with zero attached hydrogens (tertiary/aromatic N) is 2. The molecule has 0 fully saturated rings. The summed E-state index contributed by atoms with van der Waals surface area (Å²) in [5, 5.41) is 0. The van der Waals surface area contributed by atoms with Crippen LogP contribution in [0.2, 0.25) is 0 Å². The van der Waals surface area contributed by atoms with Crippen molar-refractivity contribution >= 4 is 0 Å². The molecule has 142 valence electrons. The number of hydrogen-bond donors (Lipinski definition) is 0. The average molecular weight is 357 g/mol. The van der Waals surface area contributed by atoms with Crippen molar-refractivity contribution in [3.05, 3.63) is 47.8 Å². The molecule has 26 heavy (non-hydrogen) atoms. The number of rotatable bonds is 10. The van der Waals surface area contributed by atoms with Crippen molar-refractivity contribution in [1.82, 2.24) is 9.97 Å². The first kappa shape index (κ1) is 20.2. The van der Waals surface area contributed by atoms with Gasteiger partial charge in [0.2, 0.25) is 11.8 Å². The quantitative estimate of drug-likeness (QED) is 0.559. The fourth-order valence-electron chi connectivity index (χ4n) is 2.67. The summed E-state index contributed by atoms with van der Waals surface area (Å²) in [6.45, 7) is 11.4.